The van der Waals surface area contributed by atoms with E-state index in [0.29, 0.717) is 11.7 Å². The Morgan fingerprint density at radius 1 is 0.880 bits per heavy atom. The zero-order valence-electron chi connectivity index (χ0n) is 13.6. The second-order valence-electron chi connectivity index (χ2n) is 6.19. The van der Waals surface area contributed by atoms with Crippen molar-refractivity contribution in [3.63, 3.8) is 0 Å². The molecule has 25 heavy (non-hydrogen) atoms. The van der Waals surface area contributed by atoms with Crippen LogP contribution < -0.4 is 4.74 Å². The molecule has 0 amide bonds. The van der Waals surface area contributed by atoms with Gasteiger partial charge in [0, 0.05) is 12.1 Å². The van der Waals surface area contributed by atoms with Crippen LogP contribution in [0.4, 0.5) is 0 Å². The van der Waals surface area contributed by atoms with Crippen molar-refractivity contribution < 1.29 is 24.5 Å². The molecule has 6 nitrogen and oxygen atoms in total. The molecular weight excluding hydrogens is 322 g/mol. The Hall–Kier alpha value is -2.89. The highest BCUT2D eigenvalue weighted by atomic mass is 16.5. The van der Waals surface area contributed by atoms with Crippen LogP contribution in [-0.2, 0) is 0 Å². The molecule has 1 saturated carbocycles. The maximum absolute atomic E-state index is 11.1. The number of carboxylic acid groups (broad SMARTS) is 2. The molecule has 1 aliphatic rings. The minimum Gasteiger partial charge on any atom is -0.477 e. The topological polar surface area (TPSA) is 96.7 Å². The molecule has 0 saturated heterocycles. The third-order valence-electron chi connectivity index (χ3n) is 4.43. The zero-order chi connectivity index (χ0) is 17.8. The molecule has 0 radical (unpaired) electrons. The monoisotopic (exact) mass is 341 g/mol. The molecule has 130 valence electrons. The van der Waals surface area contributed by atoms with Crippen LogP contribution in [-0.4, -0.2) is 27.1 Å². The average molecular weight is 341 g/mol. The Balaban J connectivity index is 1.79. The summed E-state index contributed by atoms with van der Waals surface area (Å²) in [5.41, 5.74) is 0.543. The number of nitrogens with zero attached hydrogens (tertiary/aromatic N) is 1. The van der Waals surface area contributed by atoms with Crippen LogP contribution in [0.5, 0.6) is 11.5 Å². The van der Waals surface area contributed by atoms with E-state index in [0.717, 1.165) is 0 Å². The zero-order valence-corrected chi connectivity index (χ0v) is 13.6. The van der Waals surface area contributed by atoms with Crippen LogP contribution in [0.1, 0.15) is 64.6 Å². The van der Waals surface area contributed by atoms with Crippen molar-refractivity contribution in [1.29, 1.82) is 0 Å². The molecule has 0 spiro atoms. The molecule has 0 aliphatic heterocycles. The summed E-state index contributed by atoms with van der Waals surface area (Å²) in [7, 11) is 0. The maximum Gasteiger partial charge on any atom is 0.354 e. The SMILES string of the molecule is O=C(O)c1cc(Oc2ccc(C3CCCCC3)cc2)cc(C(=O)O)n1. The van der Waals surface area contributed by atoms with Gasteiger partial charge in [0.15, 0.2) is 11.4 Å². The Bertz CT molecular complexity index is 747. The van der Waals surface area contributed by atoms with Gasteiger partial charge < -0.3 is 14.9 Å². The smallest absolute Gasteiger partial charge is 0.354 e. The third kappa shape index (κ3) is 4.15. The number of benzene rings is 1. The second-order valence-corrected chi connectivity index (χ2v) is 6.19. The van der Waals surface area contributed by atoms with Crippen LogP contribution in [0.2, 0.25) is 0 Å². The molecule has 2 aromatic rings. The van der Waals surface area contributed by atoms with Crippen molar-refractivity contribution in [3.05, 3.63) is 53.3 Å². The first-order valence-corrected chi connectivity index (χ1v) is 8.29. The first-order valence-electron chi connectivity index (χ1n) is 8.29. The average Bonchev–Trinajstić information content (AvgIpc) is 2.62. The van der Waals surface area contributed by atoms with Gasteiger partial charge in [-0.25, -0.2) is 14.6 Å². The Kier molecular flexibility index (Phi) is 4.97. The third-order valence-corrected chi connectivity index (χ3v) is 4.43. The van der Waals surface area contributed by atoms with Crippen LogP contribution in [0.15, 0.2) is 36.4 Å². The molecule has 1 heterocycles. The fourth-order valence-corrected chi connectivity index (χ4v) is 3.16. The molecule has 1 aromatic carbocycles. The largest absolute Gasteiger partial charge is 0.477 e. The van der Waals surface area contributed by atoms with Gasteiger partial charge in [-0.15, -0.1) is 0 Å². The van der Waals surface area contributed by atoms with Crippen molar-refractivity contribution in [2.24, 2.45) is 0 Å². The number of pyridine rings is 1. The highest BCUT2D eigenvalue weighted by molar-refractivity contribution is 5.90. The minimum absolute atomic E-state index is 0.134. The Labute approximate surface area is 145 Å². The summed E-state index contributed by atoms with van der Waals surface area (Å²) < 4.78 is 5.64. The van der Waals surface area contributed by atoms with E-state index in [9.17, 15) is 9.59 Å². The minimum atomic E-state index is -1.31. The van der Waals surface area contributed by atoms with Crippen molar-refractivity contribution in [1.82, 2.24) is 4.98 Å². The predicted molar refractivity (Wildman–Crippen MR) is 90.5 cm³/mol. The van der Waals surface area contributed by atoms with Crippen LogP contribution >= 0.6 is 0 Å². The molecule has 6 heteroatoms. The number of aromatic nitrogens is 1. The quantitative estimate of drug-likeness (QED) is 0.841. The van der Waals surface area contributed by atoms with Crippen LogP contribution in [0.3, 0.4) is 0 Å². The van der Waals surface area contributed by atoms with Gasteiger partial charge in [-0.2, -0.15) is 0 Å². The van der Waals surface area contributed by atoms with Crippen molar-refractivity contribution in [2.45, 2.75) is 38.0 Å². The highest BCUT2D eigenvalue weighted by Crippen LogP contribution is 2.33. The summed E-state index contributed by atoms with van der Waals surface area (Å²) in [6.07, 6.45) is 6.23. The van der Waals surface area contributed by atoms with E-state index in [-0.39, 0.29) is 17.1 Å². The summed E-state index contributed by atoms with van der Waals surface area (Å²) in [5.74, 6) is -1.37. The summed E-state index contributed by atoms with van der Waals surface area (Å²) in [4.78, 5) is 25.7. The standard InChI is InChI=1S/C19H19NO5/c21-18(22)16-10-15(11-17(20-16)19(23)24)25-14-8-6-13(7-9-14)12-4-2-1-3-5-12/h6-12H,1-5H2,(H,21,22)(H,23,24). The normalized spacial score (nSPS) is 14.9. The molecule has 0 atom stereocenters. The number of carboxylic acids is 2. The molecule has 2 N–H and O–H groups in total. The van der Waals surface area contributed by atoms with Gasteiger partial charge in [-0.05, 0) is 36.5 Å². The first kappa shape index (κ1) is 17.0. The van der Waals surface area contributed by atoms with E-state index in [1.165, 1.54) is 49.8 Å². The van der Waals surface area contributed by atoms with Crippen LogP contribution in [0.25, 0.3) is 0 Å². The lowest BCUT2D eigenvalue weighted by atomic mass is 9.84. The second kappa shape index (κ2) is 7.34. The van der Waals surface area contributed by atoms with E-state index in [1.807, 2.05) is 24.3 Å². The van der Waals surface area contributed by atoms with Gasteiger partial charge in [-0.1, -0.05) is 31.4 Å². The van der Waals surface area contributed by atoms with E-state index in [2.05, 4.69) is 4.98 Å². The molecule has 0 unspecified atom stereocenters. The lowest BCUT2D eigenvalue weighted by Crippen LogP contribution is -2.07. The summed E-state index contributed by atoms with van der Waals surface area (Å²) in [6, 6.07) is 10.1. The predicted octanol–water partition coefficient (Wildman–Crippen LogP) is 4.32. The molecule has 1 fully saturated rings. The van der Waals surface area contributed by atoms with E-state index in [4.69, 9.17) is 14.9 Å². The Morgan fingerprint density at radius 2 is 1.44 bits per heavy atom. The lowest BCUT2D eigenvalue weighted by molar-refractivity contribution is 0.0684. The van der Waals surface area contributed by atoms with E-state index >= 15 is 0 Å². The maximum atomic E-state index is 11.1. The van der Waals surface area contributed by atoms with Crippen molar-refractivity contribution >= 4 is 11.9 Å². The number of rotatable bonds is 5. The summed E-state index contributed by atoms with van der Waals surface area (Å²) in [5, 5.41) is 18.1. The first-order chi connectivity index (χ1) is 12.0. The lowest BCUT2D eigenvalue weighted by Gasteiger charge is -2.22. The van der Waals surface area contributed by atoms with Gasteiger partial charge in [-0.3, -0.25) is 0 Å². The van der Waals surface area contributed by atoms with E-state index in [1.54, 1.807) is 0 Å². The number of ether oxygens (including phenoxy) is 1. The van der Waals surface area contributed by atoms with Gasteiger partial charge in [0.25, 0.3) is 0 Å². The fourth-order valence-electron chi connectivity index (χ4n) is 3.16. The summed E-state index contributed by atoms with van der Waals surface area (Å²) >= 11 is 0. The van der Waals surface area contributed by atoms with Crippen molar-refractivity contribution in [3.8, 4) is 11.5 Å². The van der Waals surface area contributed by atoms with Gasteiger partial charge in [0.1, 0.15) is 11.5 Å². The highest BCUT2D eigenvalue weighted by Gasteiger charge is 2.16. The molecule has 0 bridgehead atoms. The van der Waals surface area contributed by atoms with E-state index < -0.39 is 11.9 Å². The number of aromatic carboxylic acids is 2. The Morgan fingerprint density at radius 3 is 1.96 bits per heavy atom. The molecule has 1 aromatic heterocycles. The number of carbonyl (C=O) groups is 2. The fraction of sp³-hybridized carbons (Fsp3) is 0.316. The summed E-state index contributed by atoms with van der Waals surface area (Å²) in [6.45, 7) is 0. The van der Waals surface area contributed by atoms with Gasteiger partial charge in [0.2, 0.25) is 0 Å². The van der Waals surface area contributed by atoms with Crippen molar-refractivity contribution in [2.75, 3.05) is 0 Å². The van der Waals surface area contributed by atoms with Gasteiger partial charge in [0.05, 0.1) is 0 Å². The van der Waals surface area contributed by atoms with Gasteiger partial charge >= 0.3 is 11.9 Å². The molecule has 3 rings (SSSR count). The molecule has 1 aliphatic carbocycles. The number of hydrogen-bond donors (Lipinski definition) is 2. The molecular formula is C19H19NO5. The number of hydrogen-bond acceptors (Lipinski definition) is 4. The van der Waals surface area contributed by atoms with Crippen LogP contribution in [0, 0.1) is 0 Å².